The lowest BCUT2D eigenvalue weighted by atomic mass is 10.2. The van der Waals surface area contributed by atoms with Crippen molar-refractivity contribution in [2.75, 3.05) is 12.4 Å². The van der Waals surface area contributed by atoms with E-state index in [4.69, 9.17) is 0 Å². The number of thiophene rings is 1. The van der Waals surface area contributed by atoms with Gasteiger partial charge in [-0.05, 0) is 33.6 Å². The molecule has 1 unspecified atom stereocenters. The van der Waals surface area contributed by atoms with Crippen molar-refractivity contribution in [2.45, 2.75) is 16.0 Å². The van der Waals surface area contributed by atoms with Crippen molar-refractivity contribution in [1.82, 2.24) is 4.72 Å². The Morgan fingerprint density at radius 1 is 1.23 bits per heavy atom. The predicted octanol–water partition coefficient (Wildman–Crippen LogP) is 3.08. The van der Waals surface area contributed by atoms with Gasteiger partial charge in [0.2, 0.25) is 10.0 Å². The number of aliphatic hydroxyl groups is 1. The van der Waals surface area contributed by atoms with Gasteiger partial charge in [0.1, 0.15) is 4.21 Å². The standard InChI is InChI=1S/C14H16BrNO3S3/c15-13-6-7-14(21-13)22(18,19)16-12(8-17)10-20-9-11-4-2-1-3-5-11/h1-7,12,16-17H,8-10H2. The Kier molecular flexibility index (Phi) is 6.91. The molecule has 0 aliphatic rings. The van der Waals surface area contributed by atoms with Crippen molar-refractivity contribution >= 4 is 49.1 Å². The normalized spacial score (nSPS) is 13.2. The average molecular weight is 422 g/mol. The molecule has 0 fully saturated rings. The third-order valence-electron chi connectivity index (χ3n) is 2.79. The summed E-state index contributed by atoms with van der Waals surface area (Å²) in [5.74, 6) is 1.29. The summed E-state index contributed by atoms with van der Waals surface area (Å²) in [4.78, 5) is 0. The Morgan fingerprint density at radius 2 is 1.95 bits per heavy atom. The molecule has 1 aromatic heterocycles. The topological polar surface area (TPSA) is 66.4 Å². The molecule has 0 radical (unpaired) electrons. The van der Waals surface area contributed by atoms with Gasteiger partial charge in [0.25, 0.3) is 0 Å². The minimum atomic E-state index is -3.58. The van der Waals surface area contributed by atoms with Gasteiger partial charge in [-0.25, -0.2) is 13.1 Å². The van der Waals surface area contributed by atoms with Crippen LogP contribution in [0.1, 0.15) is 5.56 Å². The molecular formula is C14H16BrNO3S3. The zero-order valence-corrected chi connectivity index (χ0v) is 15.6. The zero-order valence-electron chi connectivity index (χ0n) is 11.6. The minimum Gasteiger partial charge on any atom is -0.395 e. The molecule has 2 N–H and O–H groups in total. The van der Waals surface area contributed by atoms with Crippen LogP contribution in [0.25, 0.3) is 0 Å². The first-order chi connectivity index (χ1) is 10.5. The first-order valence-corrected chi connectivity index (χ1v) is 10.8. The van der Waals surface area contributed by atoms with E-state index in [0.29, 0.717) is 5.75 Å². The molecule has 0 aliphatic carbocycles. The lowest BCUT2D eigenvalue weighted by molar-refractivity contribution is 0.267. The van der Waals surface area contributed by atoms with Crippen LogP contribution in [0.2, 0.25) is 0 Å². The SMILES string of the molecule is O=S(=O)(NC(CO)CSCc1ccccc1)c1ccc(Br)s1. The second-order valence-corrected chi connectivity index (χ2v) is 9.99. The number of benzene rings is 1. The molecule has 0 bridgehead atoms. The minimum absolute atomic E-state index is 0.229. The molecule has 0 saturated carbocycles. The van der Waals surface area contributed by atoms with E-state index in [1.54, 1.807) is 23.9 Å². The molecule has 8 heteroatoms. The van der Waals surface area contributed by atoms with Gasteiger partial charge in [0.15, 0.2) is 0 Å². The van der Waals surface area contributed by atoms with E-state index >= 15 is 0 Å². The highest BCUT2D eigenvalue weighted by atomic mass is 79.9. The lowest BCUT2D eigenvalue weighted by Gasteiger charge is -2.15. The van der Waals surface area contributed by atoms with Crippen LogP contribution in [0.15, 0.2) is 50.5 Å². The highest BCUT2D eigenvalue weighted by Gasteiger charge is 2.21. The zero-order chi connectivity index (χ0) is 16.0. The van der Waals surface area contributed by atoms with Crippen LogP contribution in [0.5, 0.6) is 0 Å². The van der Waals surface area contributed by atoms with Gasteiger partial charge in [-0.2, -0.15) is 11.8 Å². The summed E-state index contributed by atoms with van der Waals surface area (Å²) in [6.07, 6.45) is 0. The summed E-state index contributed by atoms with van der Waals surface area (Å²) < 4.78 is 28.0. The first-order valence-electron chi connectivity index (χ1n) is 6.51. The van der Waals surface area contributed by atoms with Crippen molar-refractivity contribution in [3.63, 3.8) is 0 Å². The molecule has 0 spiro atoms. The van der Waals surface area contributed by atoms with Crippen LogP contribution in [-0.4, -0.2) is 31.9 Å². The van der Waals surface area contributed by atoms with Gasteiger partial charge < -0.3 is 5.11 Å². The molecule has 120 valence electrons. The number of hydrogen-bond acceptors (Lipinski definition) is 5. The van der Waals surface area contributed by atoms with Crippen LogP contribution in [-0.2, 0) is 15.8 Å². The maximum Gasteiger partial charge on any atom is 0.250 e. The Bertz CT molecular complexity index is 688. The van der Waals surface area contributed by atoms with E-state index in [1.807, 2.05) is 30.3 Å². The van der Waals surface area contributed by atoms with E-state index in [2.05, 4.69) is 20.7 Å². The van der Waals surface area contributed by atoms with E-state index in [0.717, 1.165) is 20.9 Å². The number of halogens is 1. The number of sulfonamides is 1. The van der Waals surface area contributed by atoms with Crippen LogP contribution < -0.4 is 4.72 Å². The lowest BCUT2D eigenvalue weighted by Crippen LogP contribution is -2.39. The molecule has 0 aliphatic heterocycles. The summed E-state index contributed by atoms with van der Waals surface area (Å²) in [7, 11) is -3.58. The fourth-order valence-electron chi connectivity index (χ4n) is 1.74. The Balaban J connectivity index is 1.89. The fourth-order valence-corrected chi connectivity index (χ4v) is 6.12. The van der Waals surface area contributed by atoms with Crippen molar-refractivity contribution in [1.29, 1.82) is 0 Å². The monoisotopic (exact) mass is 421 g/mol. The molecule has 2 rings (SSSR count). The number of aliphatic hydroxyl groups excluding tert-OH is 1. The van der Waals surface area contributed by atoms with Crippen LogP contribution in [0.3, 0.4) is 0 Å². The average Bonchev–Trinajstić information content (AvgIpc) is 2.95. The van der Waals surface area contributed by atoms with Crippen molar-refractivity contribution < 1.29 is 13.5 Å². The molecule has 22 heavy (non-hydrogen) atoms. The number of nitrogens with one attached hydrogen (secondary N) is 1. The van der Waals surface area contributed by atoms with Gasteiger partial charge >= 0.3 is 0 Å². The molecule has 1 atom stereocenters. The second kappa shape index (κ2) is 8.47. The maximum absolute atomic E-state index is 12.2. The van der Waals surface area contributed by atoms with E-state index < -0.39 is 16.1 Å². The molecule has 1 heterocycles. The Morgan fingerprint density at radius 3 is 2.55 bits per heavy atom. The van der Waals surface area contributed by atoms with Crippen LogP contribution in [0, 0.1) is 0 Å². The third kappa shape index (κ3) is 5.36. The van der Waals surface area contributed by atoms with E-state index in [1.165, 1.54) is 5.56 Å². The molecule has 1 aromatic carbocycles. The molecule has 0 amide bonds. The van der Waals surface area contributed by atoms with Crippen LogP contribution in [0.4, 0.5) is 0 Å². The number of hydrogen-bond donors (Lipinski definition) is 2. The highest BCUT2D eigenvalue weighted by Crippen LogP contribution is 2.26. The predicted molar refractivity (Wildman–Crippen MR) is 95.8 cm³/mol. The number of rotatable bonds is 8. The second-order valence-electron chi connectivity index (χ2n) is 4.56. The smallest absolute Gasteiger partial charge is 0.250 e. The third-order valence-corrected chi connectivity index (χ3v) is 7.60. The largest absolute Gasteiger partial charge is 0.395 e. The van der Waals surface area contributed by atoms with Gasteiger partial charge in [-0.1, -0.05) is 30.3 Å². The summed E-state index contributed by atoms with van der Waals surface area (Å²) in [5, 5.41) is 9.39. The summed E-state index contributed by atoms with van der Waals surface area (Å²) in [6, 6.07) is 12.7. The highest BCUT2D eigenvalue weighted by molar-refractivity contribution is 9.11. The van der Waals surface area contributed by atoms with E-state index in [9.17, 15) is 13.5 Å². The van der Waals surface area contributed by atoms with E-state index in [-0.39, 0.29) is 10.8 Å². The quantitative estimate of drug-likeness (QED) is 0.686. The molecule has 4 nitrogen and oxygen atoms in total. The van der Waals surface area contributed by atoms with Crippen molar-refractivity contribution in [3.05, 3.63) is 51.8 Å². The molecular weight excluding hydrogens is 406 g/mol. The summed E-state index contributed by atoms with van der Waals surface area (Å²) >= 11 is 5.98. The Labute approximate surface area is 147 Å². The molecule has 0 saturated heterocycles. The van der Waals surface area contributed by atoms with Crippen LogP contribution >= 0.6 is 39.0 Å². The first kappa shape index (κ1) is 18.0. The van der Waals surface area contributed by atoms with Crippen molar-refractivity contribution in [2.24, 2.45) is 0 Å². The maximum atomic E-state index is 12.2. The molecule has 2 aromatic rings. The summed E-state index contributed by atoms with van der Waals surface area (Å²) in [5.41, 5.74) is 1.18. The number of thioether (sulfide) groups is 1. The van der Waals surface area contributed by atoms with Gasteiger partial charge in [-0.3, -0.25) is 0 Å². The van der Waals surface area contributed by atoms with Crippen molar-refractivity contribution in [3.8, 4) is 0 Å². The van der Waals surface area contributed by atoms with Gasteiger partial charge in [-0.15, -0.1) is 11.3 Å². The summed E-state index contributed by atoms with van der Waals surface area (Å²) in [6.45, 7) is -0.229. The van der Waals surface area contributed by atoms with Gasteiger partial charge in [0.05, 0.1) is 16.4 Å². The van der Waals surface area contributed by atoms with Gasteiger partial charge in [0, 0.05) is 11.5 Å². The Hall–Kier alpha value is -0.380. The fraction of sp³-hybridized carbons (Fsp3) is 0.286.